The zero-order valence-corrected chi connectivity index (χ0v) is 17.4. The first-order valence-corrected chi connectivity index (χ1v) is 10.5. The Morgan fingerprint density at radius 1 is 1.17 bits per heavy atom. The number of para-hydroxylation sites is 1. The molecule has 1 amide bonds. The number of nitrogens with zero attached hydrogens (tertiary/aromatic N) is 2. The number of anilines is 1. The van der Waals surface area contributed by atoms with Gasteiger partial charge in [-0.2, -0.15) is 0 Å². The van der Waals surface area contributed by atoms with Crippen molar-refractivity contribution >= 4 is 28.9 Å². The topological polar surface area (TPSA) is 59.5 Å². The molecule has 0 aliphatic carbocycles. The van der Waals surface area contributed by atoms with Crippen molar-refractivity contribution in [1.82, 2.24) is 4.98 Å². The number of ether oxygens (including phenoxy) is 1. The third kappa shape index (κ3) is 3.80. The lowest BCUT2D eigenvalue weighted by Gasteiger charge is -2.25. The van der Waals surface area contributed by atoms with Crippen LogP contribution >= 0.6 is 11.3 Å². The monoisotopic (exact) mass is 406 g/mol. The summed E-state index contributed by atoms with van der Waals surface area (Å²) >= 11 is 1.38. The van der Waals surface area contributed by atoms with E-state index in [0.29, 0.717) is 0 Å². The van der Waals surface area contributed by atoms with E-state index < -0.39 is 12.1 Å². The number of thiazole rings is 1. The van der Waals surface area contributed by atoms with E-state index in [2.05, 4.69) is 4.98 Å². The minimum absolute atomic E-state index is 0.0356. The molecule has 6 heteroatoms. The van der Waals surface area contributed by atoms with Gasteiger partial charge in [-0.25, -0.2) is 9.78 Å². The molecule has 4 rings (SSSR count). The van der Waals surface area contributed by atoms with Crippen LogP contribution in [0.2, 0.25) is 0 Å². The van der Waals surface area contributed by atoms with E-state index in [1.807, 2.05) is 62.4 Å². The fraction of sp³-hybridized carbons (Fsp3) is 0.261. The summed E-state index contributed by atoms with van der Waals surface area (Å²) in [6.45, 7) is 5.63. The highest BCUT2D eigenvalue weighted by Crippen LogP contribution is 2.32. The second-order valence-electron chi connectivity index (χ2n) is 7.34. The minimum atomic E-state index is -0.888. The number of carbonyl (C=O) groups excluding carboxylic acids is 2. The SMILES string of the molecule is Cc1ccc(-c2nc(C(=O)O[C@H](C)C(=O)N3c4ccccc4C[C@H]3C)cs2)cc1. The van der Waals surface area contributed by atoms with Crippen molar-refractivity contribution in [3.63, 3.8) is 0 Å². The number of rotatable bonds is 4. The Morgan fingerprint density at radius 3 is 2.66 bits per heavy atom. The fourth-order valence-electron chi connectivity index (χ4n) is 3.56. The van der Waals surface area contributed by atoms with E-state index in [0.717, 1.165) is 33.8 Å². The van der Waals surface area contributed by atoms with Gasteiger partial charge in [0, 0.05) is 22.7 Å². The normalized spacial score (nSPS) is 16.4. The van der Waals surface area contributed by atoms with Gasteiger partial charge in [-0.3, -0.25) is 4.79 Å². The van der Waals surface area contributed by atoms with Crippen molar-refractivity contribution in [2.45, 2.75) is 39.3 Å². The molecule has 29 heavy (non-hydrogen) atoms. The lowest BCUT2D eigenvalue weighted by Crippen LogP contribution is -2.43. The third-order valence-corrected chi connectivity index (χ3v) is 5.98. The van der Waals surface area contributed by atoms with Gasteiger partial charge in [0.15, 0.2) is 11.8 Å². The Balaban J connectivity index is 1.46. The number of aryl methyl sites for hydroxylation is 1. The number of hydrogen-bond acceptors (Lipinski definition) is 5. The lowest BCUT2D eigenvalue weighted by molar-refractivity contribution is -0.126. The molecule has 0 bridgehead atoms. The van der Waals surface area contributed by atoms with Crippen molar-refractivity contribution in [2.24, 2.45) is 0 Å². The summed E-state index contributed by atoms with van der Waals surface area (Å²) < 4.78 is 5.46. The Kier molecular flexibility index (Phi) is 5.20. The first-order chi connectivity index (χ1) is 13.9. The summed E-state index contributed by atoms with van der Waals surface area (Å²) in [5, 5.41) is 2.42. The molecule has 0 fully saturated rings. The van der Waals surface area contributed by atoms with Gasteiger partial charge in [-0.05, 0) is 38.8 Å². The molecule has 2 heterocycles. The van der Waals surface area contributed by atoms with Crippen LogP contribution in [0.4, 0.5) is 5.69 Å². The molecule has 5 nitrogen and oxygen atoms in total. The van der Waals surface area contributed by atoms with E-state index in [-0.39, 0.29) is 17.6 Å². The summed E-state index contributed by atoms with van der Waals surface area (Å²) in [7, 11) is 0. The Bertz CT molecular complexity index is 1060. The average molecular weight is 407 g/mol. The van der Waals surface area contributed by atoms with Gasteiger partial charge in [0.25, 0.3) is 5.91 Å². The van der Waals surface area contributed by atoms with Crippen LogP contribution in [-0.4, -0.2) is 29.0 Å². The molecular weight excluding hydrogens is 384 g/mol. The molecular formula is C23H22N2O3S. The van der Waals surface area contributed by atoms with Gasteiger partial charge in [0.2, 0.25) is 0 Å². The maximum Gasteiger partial charge on any atom is 0.358 e. The molecule has 0 unspecified atom stereocenters. The summed E-state index contributed by atoms with van der Waals surface area (Å²) in [5.74, 6) is -0.801. The summed E-state index contributed by atoms with van der Waals surface area (Å²) in [4.78, 5) is 31.6. The molecule has 1 aliphatic heterocycles. The number of aromatic nitrogens is 1. The number of esters is 1. The van der Waals surface area contributed by atoms with Crippen LogP contribution < -0.4 is 4.90 Å². The Morgan fingerprint density at radius 2 is 1.90 bits per heavy atom. The van der Waals surface area contributed by atoms with Crippen LogP contribution in [0.15, 0.2) is 53.9 Å². The van der Waals surface area contributed by atoms with E-state index in [4.69, 9.17) is 4.74 Å². The average Bonchev–Trinajstić information content (AvgIpc) is 3.32. The van der Waals surface area contributed by atoms with Crippen molar-refractivity contribution in [3.05, 3.63) is 70.7 Å². The number of hydrogen-bond donors (Lipinski definition) is 0. The van der Waals surface area contributed by atoms with E-state index >= 15 is 0 Å². The molecule has 0 radical (unpaired) electrons. The highest BCUT2D eigenvalue weighted by atomic mass is 32.1. The van der Waals surface area contributed by atoms with Crippen molar-refractivity contribution in [2.75, 3.05) is 4.90 Å². The van der Waals surface area contributed by atoms with E-state index in [1.165, 1.54) is 11.3 Å². The Hall–Kier alpha value is -2.99. The second kappa shape index (κ2) is 7.79. The molecule has 0 saturated carbocycles. The number of benzene rings is 2. The lowest BCUT2D eigenvalue weighted by atomic mass is 10.1. The van der Waals surface area contributed by atoms with Crippen molar-refractivity contribution in [3.8, 4) is 10.6 Å². The zero-order valence-electron chi connectivity index (χ0n) is 16.6. The summed E-state index contributed by atoms with van der Waals surface area (Å²) in [6, 6.07) is 15.8. The van der Waals surface area contributed by atoms with Gasteiger partial charge >= 0.3 is 5.97 Å². The van der Waals surface area contributed by atoms with Crippen LogP contribution in [0.5, 0.6) is 0 Å². The van der Waals surface area contributed by atoms with Crippen molar-refractivity contribution in [1.29, 1.82) is 0 Å². The molecule has 2 aromatic carbocycles. The molecule has 0 saturated heterocycles. The Labute approximate surface area is 174 Å². The molecule has 3 aromatic rings. The van der Waals surface area contributed by atoms with Crippen LogP contribution in [-0.2, 0) is 16.0 Å². The maximum atomic E-state index is 13.0. The fourth-order valence-corrected chi connectivity index (χ4v) is 4.36. The zero-order chi connectivity index (χ0) is 20.5. The molecule has 0 spiro atoms. The first kappa shape index (κ1) is 19.3. The highest BCUT2D eigenvalue weighted by molar-refractivity contribution is 7.13. The number of carbonyl (C=O) groups is 2. The van der Waals surface area contributed by atoms with Gasteiger partial charge in [-0.1, -0.05) is 48.0 Å². The van der Waals surface area contributed by atoms with Crippen LogP contribution in [0.25, 0.3) is 10.6 Å². The van der Waals surface area contributed by atoms with Gasteiger partial charge in [-0.15, -0.1) is 11.3 Å². The molecule has 1 aliphatic rings. The predicted molar refractivity (Wildman–Crippen MR) is 114 cm³/mol. The van der Waals surface area contributed by atoms with Gasteiger partial charge < -0.3 is 9.64 Å². The first-order valence-electron chi connectivity index (χ1n) is 9.58. The maximum absolute atomic E-state index is 13.0. The summed E-state index contributed by atoms with van der Waals surface area (Å²) in [6.07, 6.45) is -0.0881. The molecule has 2 atom stereocenters. The standard InChI is InChI=1S/C23H22N2O3S/c1-14-8-10-17(11-9-14)21-24-19(13-29-21)23(27)28-16(3)22(26)25-15(2)12-18-6-4-5-7-20(18)25/h4-11,13,15-16H,12H2,1-3H3/t15-,16-/m1/s1. The molecule has 0 N–H and O–H groups in total. The highest BCUT2D eigenvalue weighted by Gasteiger charge is 2.34. The van der Waals surface area contributed by atoms with E-state index in [1.54, 1.807) is 17.2 Å². The van der Waals surface area contributed by atoms with Gasteiger partial charge in [0.05, 0.1) is 0 Å². The predicted octanol–water partition coefficient (Wildman–Crippen LogP) is 4.64. The quantitative estimate of drug-likeness (QED) is 0.592. The van der Waals surface area contributed by atoms with Crippen molar-refractivity contribution < 1.29 is 14.3 Å². The number of amides is 1. The summed E-state index contributed by atoms with van der Waals surface area (Å²) in [5.41, 5.74) is 4.36. The molecule has 148 valence electrons. The second-order valence-corrected chi connectivity index (χ2v) is 8.20. The molecule has 1 aromatic heterocycles. The van der Waals surface area contributed by atoms with Gasteiger partial charge in [0.1, 0.15) is 5.01 Å². The van der Waals surface area contributed by atoms with E-state index in [9.17, 15) is 9.59 Å². The third-order valence-electron chi connectivity index (χ3n) is 5.09. The largest absolute Gasteiger partial charge is 0.448 e. The van der Waals surface area contributed by atoms with Crippen LogP contribution in [0.3, 0.4) is 0 Å². The van der Waals surface area contributed by atoms with Crippen LogP contribution in [0, 0.1) is 6.92 Å². The van der Waals surface area contributed by atoms with Crippen LogP contribution in [0.1, 0.15) is 35.5 Å². The number of fused-ring (bicyclic) bond motifs is 1. The minimum Gasteiger partial charge on any atom is -0.448 e. The smallest absolute Gasteiger partial charge is 0.358 e.